The van der Waals surface area contributed by atoms with E-state index in [0.29, 0.717) is 6.42 Å². The van der Waals surface area contributed by atoms with Gasteiger partial charge in [0.15, 0.2) is 0 Å². The molecule has 1 aromatic heterocycles. The number of aromatic nitrogens is 2. The number of alkyl halides is 1. The van der Waals surface area contributed by atoms with Crippen LogP contribution >= 0.6 is 0 Å². The second-order valence-electron chi connectivity index (χ2n) is 3.51. The highest BCUT2D eigenvalue weighted by Gasteiger charge is 1.97. The average molecular weight is 207 g/mol. The smallest absolute Gasteiger partial charge is 0.0906 e. The summed E-state index contributed by atoms with van der Waals surface area (Å²) in [6.45, 7) is 1.24. The standard InChI is InChI=1S/C11H14FN3/c12-4-1-5-13-7-9-2-3-10-8-14-15-11(10)6-9/h2-3,6,8,13H,1,4-5,7H2,(H,14,15). The summed E-state index contributed by atoms with van der Waals surface area (Å²) in [5.41, 5.74) is 2.23. The number of hydrogen-bond acceptors (Lipinski definition) is 2. The van der Waals surface area contributed by atoms with E-state index in [9.17, 15) is 4.39 Å². The van der Waals surface area contributed by atoms with Crippen LogP contribution in [0.15, 0.2) is 24.4 Å². The van der Waals surface area contributed by atoms with E-state index in [1.54, 1.807) is 6.20 Å². The van der Waals surface area contributed by atoms with Crippen molar-refractivity contribution in [1.29, 1.82) is 0 Å². The molecule has 0 aliphatic rings. The van der Waals surface area contributed by atoms with E-state index in [0.717, 1.165) is 24.0 Å². The molecule has 2 rings (SSSR count). The number of fused-ring (bicyclic) bond motifs is 1. The summed E-state index contributed by atoms with van der Waals surface area (Å²) in [5.74, 6) is 0. The average Bonchev–Trinajstić information content (AvgIpc) is 2.71. The first-order chi connectivity index (χ1) is 7.40. The van der Waals surface area contributed by atoms with Crippen LogP contribution in [0.4, 0.5) is 4.39 Å². The van der Waals surface area contributed by atoms with Gasteiger partial charge in [-0.15, -0.1) is 0 Å². The zero-order valence-electron chi connectivity index (χ0n) is 8.46. The van der Waals surface area contributed by atoms with E-state index in [1.165, 1.54) is 5.56 Å². The minimum atomic E-state index is -0.257. The Morgan fingerprint density at radius 1 is 1.40 bits per heavy atom. The minimum absolute atomic E-state index is 0.257. The van der Waals surface area contributed by atoms with Gasteiger partial charge in [-0.2, -0.15) is 5.10 Å². The molecule has 80 valence electrons. The number of nitrogens with zero attached hydrogens (tertiary/aromatic N) is 1. The predicted molar refractivity (Wildman–Crippen MR) is 58.4 cm³/mol. The van der Waals surface area contributed by atoms with E-state index in [2.05, 4.69) is 27.6 Å². The zero-order valence-corrected chi connectivity index (χ0v) is 8.46. The Morgan fingerprint density at radius 2 is 2.33 bits per heavy atom. The fourth-order valence-electron chi connectivity index (χ4n) is 1.52. The maximum absolute atomic E-state index is 11.8. The Bertz CT molecular complexity index is 424. The van der Waals surface area contributed by atoms with Gasteiger partial charge >= 0.3 is 0 Å². The fraction of sp³-hybridized carbons (Fsp3) is 0.364. The number of rotatable bonds is 5. The molecule has 0 atom stereocenters. The van der Waals surface area contributed by atoms with Crippen LogP contribution in [0, 0.1) is 0 Å². The summed E-state index contributed by atoms with van der Waals surface area (Å²) in [6, 6.07) is 6.15. The molecule has 4 heteroatoms. The number of hydrogen-bond donors (Lipinski definition) is 2. The van der Waals surface area contributed by atoms with Crippen molar-refractivity contribution >= 4 is 10.9 Å². The van der Waals surface area contributed by atoms with Crippen molar-refractivity contribution in [3.8, 4) is 0 Å². The summed E-state index contributed by atoms with van der Waals surface area (Å²) in [7, 11) is 0. The van der Waals surface area contributed by atoms with Crippen molar-refractivity contribution in [3.63, 3.8) is 0 Å². The summed E-state index contributed by atoms with van der Waals surface area (Å²) in [4.78, 5) is 0. The SMILES string of the molecule is FCCCNCc1ccc2cn[nH]c2c1. The van der Waals surface area contributed by atoms with Crippen LogP contribution in [0.2, 0.25) is 0 Å². The number of nitrogens with one attached hydrogen (secondary N) is 2. The molecule has 0 saturated heterocycles. The van der Waals surface area contributed by atoms with Crippen LogP contribution in [-0.2, 0) is 6.54 Å². The molecule has 1 heterocycles. The molecule has 0 spiro atoms. The molecule has 0 radical (unpaired) electrons. The molecule has 2 N–H and O–H groups in total. The molecular formula is C11H14FN3. The number of aromatic amines is 1. The van der Waals surface area contributed by atoms with Gasteiger partial charge in [0.05, 0.1) is 18.4 Å². The van der Waals surface area contributed by atoms with Gasteiger partial charge in [0.25, 0.3) is 0 Å². The highest BCUT2D eigenvalue weighted by atomic mass is 19.1. The first-order valence-corrected chi connectivity index (χ1v) is 5.09. The minimum Gasteiger partial charge on any atom is -0.313 e. The van der Waals surface area contributed by atoms with Crippen LogP contribution in [-0.4, -0.2) is 23.4 Å². The molecule has 1 aromatic carbocycles. The Labute approximate surface area is 87.7 Å². The lowest BCUT2D eigenvalue weighted by Crippen LogP contribution is -2.14. The van der Waals surface area contributed by atoms with Crippen LogP contribution in [0.5, 0.6) is 0 Å². The lowest BCUT2D eigenvalue weighted by atomic mass is 10.1. The summed E-state index contributed by atoms with van der Waals surface area (Å²) >= 11 is 0. The van der Waals surface area contributed by atoms with E-state index in [-0.39, 0.29) is 6.67 Å². The monoisotopic (exact) mass is 207 g/mol. The Balaban J connectivity index is 1.96. The summed E-state index contributed by atoms with van der Waals surface area (Å²) < 4.78 is 11.8. The summed E-state index contributed by atoms with van der Waals surface area (Å²) in [5, 5.41) is 11.2. The zero-order chi connectivity index (χ0) is 10.5. The van der Waals surface area contributed by atoms with Gasteiger partial charge < -0.3 is 5.32 Å². The number of halogens is 1. The van der Waals surface area contributed by atoms with Gasteiger partial charge in [0.2, 0.25) is 0 Å². The van der Waals surface area contributed by atoms with E-state index < -0.39 is 0 Å². The molecule has 0 unspecified atom stereocenters. The maximum atomic E-state index is 11.8. The normalized spacial score (nSPS) is 11.0. The Hall–Kier alpha value is -1.42. The lowest BCUT2D eigenvalue weighted by molar-refractivity contribution is 0.459. The van der Waals surface area contributed by atoms with Gasteiger partial charge in [-0.1, -0.05) is 12.1 Å². The third-order valence-electron chi connectivity index (χ3n) is 2.32. The third kappa shape index (κ3) is 2.53. The molecule has 15 heavy (non-hydrogen) atoms. The Morgan fingerprint density at radius 3 is 3.20 bits per heavy atom. The third-order valence-corrected chi connectivity index (χ3v) is 2.32. The number of H-pyrrole nitrogens is 1. The van der Waals surface area contributed by atoms with Gasteiger partial charge in [-0.3, -0.25) is 9.49 Å². The van der Waals surface area contributed by atoms with E-state index in [4.69, 9.17) is 0 Å². The highest BCUT2D eigenvalue weighted by Crippen LogP contribution is 2.12. The predicted octanol–water partition coefficient (Wildman–Crippen LogP) is 2.01. The van der Waals surface area contributed by atoms with Gasteiger partial charge in [-0.25, -0.2) is 0 Å². The first kappa shape index (κ1) is 10.1. The fourth-order valence-corrected chi connectivity index (χ4v) is 1.52. The van der Waals surface area contributed by atoms with Crippen LogP contribution in [0.1, 0.15) is 12.0 Å². The van der Waals surface area contributed by atoms with E-state index >= 15 is 0 Å². The molecule has 0 saturated carbocycles. The van der Waals surface area contributed by atoms with Crippen molar-refractivity contribution in [3.05, 3.63) is 30.0 Å². The van der Waals surface area contributed by atoms with Gasteiger partial charge in [0, 0.05) is 11.9 Å². The van der Waals surface area contributed by atoms with Gasteiger partial charge in [-0.05, 0) is 24.6 Å². The van der Waals surface area contributed by atoms with Crippen molar-refractivity contribution < 1.29 is 4.39 Å². The molecule has 0 aliphatic heterocycles. The molecule has 0 aliphatic carbocycles. The maximum Gasteiger partial charge on any atom is 0.0906 e. The topological polar surface area (TPSA) is 40.7 Å². The quantitative estimate of drug-likeness (QED) is 0.736. The molecule has 0 bridgehead atoms. The highest BCUT2D eigenvalue weighted by molar-refractivity contribution is 5.78. The van der Waals surface area contributed by atoms with Gasteiger partial charge in [0.1, 0.15) is 0 Å². The Kier molecular flexibility index (Phi) is 3.29. The van der Waals surface area contributed by atoms with Crippen LogP contribution < -0.4 is 5.32 Å². The largest absolute Gasteiger partial charge is 0.313 e. The molecule has 0 amide bonds. The molecule has 2 aromatic rings. The van der Waals surface area contributed by atoms with Crippen molar-refractivity contribution in [2.75, 3.05) is 13.2 Å². The molecule has 0 fully saturated rings. The second-order valence-corrected chi connectivity index (χ2v) is 3.51. The molecule has 3 nitrogen and oxygen atoms in total. The van der Waals surface area contributed by atoms with E-state index in [1.807, 2.05) is 6.07 Å². The van der Waals surface area contributed by atoms with Crippen LogP contribution in [0.25, 0.3) is 10.9 Å². The molecular weight excluding hydrogens is 193 g/mol. The first-order valence-electron chi connectivity index (χ1n) is 5.09. The number of benzene rings is 1. The second kappa shape index (κ2) is 4.89. The lowest BCUT2D eigenvalue weighted by Gasteiger charge is -2.03. The van der Waals surface area contributed by atoms with Crippen LogP contribution in [0.3, 0.4) is 0 Å². The van der Waals surface area contributed by atoms with Crippen molar-refractivity contribution in [2.45, 2.75) is 13.0 Å². The summed E-state index contributed by atoms with van der Waals surface area (Å²) in [6.07, 6.45) is 2.38. The van der Waals surface area contributed by atoms with Crippen molar-refractivity contribution in [2.24, 2.45) is 0 Å². The van der Waals surface area contributed by atoms with Crippen molar-refractivity contribution in [1.82, 2.24) is 15.5 Å².